The summed E-state index contributed by atoms with van der Waals surface area (Å²) in [6.45, 7) is 3.41. The maximum atomic E-state index is 14.0. The molecule has 0 saturated carbocycles. The summed E-state index contributed by atoms with van der Waals surface area (Å²) in [5.74, 6) is 0.426. The zero-order chi connectivity index (χ0) is 19.5. The van der Waals surface area contributed by atoms with Gasteiger partial charge in [0, 0.05) is 12.8 Å². The number of fused-ring (bicyclic) bond motifs is 1. The van der Waals surface area contributed by atoms with Crippen molar-refractivity contribution in [2.24, 2.45) is 0 Å². The zero-order valence-electron chi connectivity index (χ0n) is 15.5. The van der Waals surface area contributed by atoms with Crippen LogP contribution in [0.5, 0.6) is 0 Å². The van der Waals surface area contributed by atoms with Gasteiger partial charge >= 0.3 is 0 Å². The number of benzene rings is 2. The predicted molar refractivity (Wildman–Crippen MR) is 105 cm³/mol. The van der Waals surface area contributed by atoms with Gasteiger partial charge in [-0.3, -0.25) is 4.79 Å². The molecule has 3 aromatic rings. The third-order valence-electron chi connectivity index (χ3n) is 5.20. The predicted octanol–water partition coefficient (Wildman–Crippen LogP) is 2.48. The minimum absolute atomic E-state index is 0.102. The Morgan fingerprint density at radius 3 is 2.71 bits per heavy atom. The van der Waals surface area contributed by atoms with E-state index in [-0.39, 0.29) is 11.7 Å². The first-order valence-electron chi connectivity index (χ1n) is 9.49. The molecule has 0 unspecified atom stereocenters. The van der Waals surface area contributed by atoms with Crippen molar-refractivity contribution < 1.29 is 18.5 Å². The van der Waals surface area contributed by atoms with E-state index in [1.165, 1.54) is 11.0 Å². The summed E-state index contributed by atoms with van der Waals surface area (Å²) in [6.07, 6.45) is 0.868. The van der Waals surface area contributed by atoms with E-state index in [9.17, 15) is 9.18 Å². The molecule has 2 aromatic carbocycles. The van der Waals surface area contributed by atoms with Gasteiger partial charge in [-0.1, -0.05) is 29.8 Å². The highest BCUT2D eigenvalue weighted by atomic mass is 35.5. The van der Waals surface area contributed by atoms with Crippen LogP contribution in [0.15, 0.2) is 46.9 Å². The standard InChI is InChI=1S/C21H21ClFN3O2/c22-16-4-3-5-17(23)15(16)14-25-10-12-26(13-11-25)21(27)9-8-20-24-18-6-1-2-7-19(18)28-20/h1-7H,8-14H2/p+1. The normalized spacial score (nSPS) is 15.3. The Labute approximate surface area is 167 Å². The van der Waals surface area contributed by atoms with Crippen LogP contribution >= 0.6 is 11.6 Å². The molecule has 28 heavy (non-hydrogen) atoms. The fourth-order valence-electron chi connectivity index (χ4n) is 3.60. The van der Waals surface area contributed by atoms with Crippen molar-refractivity contribution in [3.63, 3.8) is 0 Å². The molecule has 2 heterocycles. The summed E-state index contributed by atoms with van der Waals surface area (Å²) in [7, 11) is 0. The molecule has 4 rings (SSSR count). The van der Waals surface area contributed by atoms with Crippen LogP contribution in [0.3, 0.4) is 0 Å². The van der Waals surface area contributed by atoms with Gasteiger partial charge in [0.15, 0.2) is 11.5 Å². The number of carbonyl (C=O) groups is 1. The van der Waals surface area contributed by atoms with Gasteiger partial charge in [0.2, 0.25) is 5.91 Å². The number of para-hydroxylation sites is 2. The second-order valence-corrected chi connectivity index (χ2v) is 7.49. The average Bonchev–Trinajstić information content (AvgIpc) is 3.12. The molecular formula is C21H22ClFN3O2+. The third-order valence-corrected chi connectivity index (χ3v) is 5.56. The van der Waals surface area contributed by atoms with Crippen molar-refractivity contribution in [3.8, 4) is 0 Å². The van der Waals surface area contributed by atoms with Crippen LogP contribution < -0.4 is 4.90 Å². The number of hydrogen-bond acceptors (Lipinski definition) is 3. The molecule has 146 valence electrons. The Morgan fingerprint density at radius 1 is 1.18 bits per heavy atom. The van der Waals surface area contributed by atoms with E-state index in [0.717, 1.165) is 24.2 Å². The highest BCUT2D eigenvalue weighted by molar-refractivity contribution is 6.31. The second-order valence-electron chi connectivity index (χ2n) is 7.08. The van der Waals surface area contributed by atoms with Crippen LogP contribution in [0.2, 0.25) is 5.02 Å². The number of aromatic nitrogens is 1. The maximum absolute atomic E-state index is 14.0. The summed E-state index contributed by atoms with van der Waals surface area (Å²) in [5, 5.41) is 0.462. The van der Waals surface area contributed by atoms with E-state index in [4.69, 9.17) is 16.0 Å². The van der Waals surface area contributed by atoms with Crippen molar-refractivity contribution >= 4 is 28.6 Å². The molecule has 0 atom stereocenters. The van der Waals surface area contributed by atoms with Crippen LogP contribution in [-0.2, 0) is 17.8 Å². The number of amides is 1. The Kier molecular flexibility index (Phi) is 5.59. The Bertz CT molecular complexity index is 929. The number of halogens is 2. The van der Waals surface area contributed by atoms with E-state index in [1.54, 1.807) is 12.1 Å². The van der Waals surface area contributed by atoms with E-state index < -0.39 is 0 Å². The first-order valence-corrected chi connectivity index (χ1v) is 9.86. The molecule has 0 aliphatic carbocycles. The van der Waals surface area contributed by atoms with Crippen molar-refractivity contribution in [2.75, 3.05) is 26.2 Å². The lowest BCUT2D eigenvalue weighted by Crippen LogP contribution is -3.13. The van der Waals surface area contributed by atoms with E-state index in [1.807, 2.05) is 29.2 Å². The van der Waals surface area contributed by atoms with Gasteiger partial charge in [0.05, 0.1) is 36.8 Å². The van der Waals surface area contributed by atoms with Crippen molar-refractivity contribution in [1.82, 2.24) is 9.88 Å². The molecule has 0 spiro atoms. The first-order chi connectivity index (χ1) is 13.6. The maximum Gasteiger partial charge on any atom is 0.223 e. The number of aryl methyl sites for hydroxylation is 1. The highest BCUT2D eigenvalue weighted by Gasteiger charge is 2.25. The number of piperazine rings is 1. The molecule has 5 nitrogen and oxygen atoms in total. The third kappa shape index (κ3) is 4.18. The van der Waals surface area contributed by atoms with Crippen molar-refractivity contribution in [2.45, 2.75) is 19.4 Å². The van der Waals surface area contributed by atoms with Crippen molar-refractivity contribution in [1.29, 1.82) is 0 Å². The number of hydrogen-bond donors (Lipinski definition) is 1. The second kappa shape index (κ2) is 8.29. The minimum Gasteiger partial charge on any atom is -0.441 e. The zero-order valence-corrected chi connectivity index (χ0v) is 16.2. The van der Waals surface area contributed by atoms with E-state index in [2.05, 4.69) is 4.98 Å². The summed E-state index contributed by atoms with van der Waals surface area (Å²) in [4.78, 5) is 20.0. The molecule has 0 radical (unpaired) electrons. The van der Waals surface area contributed by atoms with Crippen molar-refractivity contribution in [3.05, 3.63) is 64.8 Å². The Morgan fingerprint density at radius 2 is 1.96 bits per heavy atom. The number of carbonyl (C=O) groups excluding carboxylic acids is 1. The highest BCUT2D eigenvalue weighted by Crippen LogP contribution is 2.18. The van der Waals surface area contributed by atoms with Gasteiger partial charge in [-0.25, -0.2) is 9.37 Å². The number of nitrogens with one attached hydrogen (secondary N) is 1. The molecule has 7 heteroatoms. The van der Waals surface area contributed by atoms with Crippen LogP contribution in [0.25, 0.3) is 11.1 Å². The Hall–Kier alpha value is -2.44. The van der Waals surface area contributed by atoms with Gasteiger partial charge in [0.1, 0.15) is 17.9 Å². The van der Waals surface area contributed by atoms with Gasteiger partial charge < -0.3 is 14.2 Å². The largest absolute Gasteiger partial charge is 0.441 e. The minimum atomic E-state index is -0.267. The molecule has 1 amide bonds. The topological polar surface area (TPSA) is 50.8 Å². The summed E-state index contributed by atoms with van der Waals surface area (Å²) >= 11 is 6.12. The quantitative estimate of drug-likeness (QED) is 0.713. The van der Waals surface area contributed by atoms with Crippen LogP contribution in [0, 0.1) is 5.82 Å². The van der Waals surface area contributed by atoms with Gasteiger partial charge in [-0.05, 0) is 24.3 Å². The molecule has 1 saturated heterocycles. The van der Waals surface area contributed by atoms with Crippen LogP contribution in [0.4, 0.5) is 4.39 Å². The lowest BCUT2D eigenvalue weighted by Gasteiger charge is -2.32. The fourth-order valence-corrected chi connectivity index (χ4v) is 3.83. The molecule has 1 N–H and O–H groups in total. The lowest BCUT2D eigenvalue weighted by molar-refractivity contribution is -0.917. The van der Waals surface area contributed by atoms with Gasteiger partial charge in [-0.2, -0.15) is 0 Å². The number of rotatable bonds is 5. The summed E-state index contributed by atoms with van der Waals surface area (Å²) < 4.78 is 19.6. The first kappa shape index (κ1) is 18.9. The monoisotopic (exact) mass is 402 g/mol. The molecule has 1 aliphatic rings. The van der Waals surface area contributed by atoms with E-state index >= 15 is 0 Å². The molecule has 1 aliphatic heterocycles. The summed E-state index contributed by atoms with van der Waals surface area (Å²) in [6, 6.07) is 12.3. The fraction of sp³-hybridized carbons (Fsp3) is 0.333. The van der Waals surface area contributed by atoms with Crippen LogP contribution in [-0.4, -0.2) is 42.0 Å². The summed E-state index contributed by atoms with van der Waals surface area (Å²) in [5.41, 5.74) is 2.11. The smallest absolute Gasteiger partial charge is 0.223 e. The van der Waals surface area contributed by atoms with Gasteiger partial charge in [-0.15, -0.1) is 0 Å². The SMILES string of the molecule is O=C(CCc1nc2ccccc2o1)N1CC[NH+](Cc2c(F)cccc2Cl)CC1. The number of quaternary nitrogens is 1. The molecule has 1 aromatic heterocycles. The number of oxazole rings is 1. The average molecular weight is 403 g/mol. The Balaban J connectivity index is 1.28. The van der Waals surface area contributed by atoms with Gasteiger partial charge in [0.25, 0.3) is 0 Å². The molecule has 0 bridgehead atoms. The lowest BCUT2D eigenvalue weighted by atomic mass is 10.1. The number of nitrogens with zero attached hydrogens (tertiary/aromatic N) is 2. The van der Waals surface area contributed by atoms with Crippen LogP contribution in [0.1, 0.15) is 17.9 Å². The molecular weight excluding hydrogens is 381 g/mol. The van der Waals surface area contributed by atoms with E-state index in [0.29, 0.717) is 49.0 Å². The molecule has 1 fully saturated rings.